The number of nitrogens with one attached hydrogen (secondary N) is 1. The summed E-state index contributed by atoms with van der Waals surface area (Å²) in [6.07, 6.45) is 4.86. The van der Waals surface area contributed by atoms with Crippen molar-refractivity contribution in [2.75, 3.05) is 19.6 Å². The van der Waals surface area contributed by atoms with Crippen LogP contribution < -0.4 is 5.32 Å². The SMILES string of the molecule is CC(Cc1c(F)cccc1F)NC(=O)CN1CCCCCC1. The second kappa shape index (κ2) is 8.22. The summed E-state index contributed by atoms with van der Waals surface area (Å²) in [6, 6.07) is 3.52. The van der Waals surface area contributed by atoms with Crippen molar-refractivity contribution < 1.29 is 13.6 Å². The summed E-state index contributed by atoms with van der Waals surface area (Å²) >= 11 is 0. The lowest BCUT2D eigenvalue weighted by Crippen LogP contribution is -2.42. The molecule has 0 bridgehead atoms. The molecular weight excluding hydrogens is 286 g/mol. The Morgan fingerprint density at radius 1 is 1.18 bits per heavy atom. The van der Waals surface area contributed by atoms with Crippen molar-refractivity contribution in [1.82, 2.24) is 10.2 Å². The molecular formula is C17H24F2N2O. The highest BCUT2D eigenvalue weighted by molar-refractivity contribution is 5.78. The summed E-state index contributed by atoms with van der Waals surface area (Å²) in [4.78, 5) is 14.2. The van der Waals surface area contributed by atoms with Crippen LogP contribution in [0.25, 0.3) is 0 Å². The maximum Gasteiger partial charge on any atom is 0.234 e. The summed E-state index contributed by atoms with van der Waals surface area (Å²) in [5.74, 6) is -1.20. The molecule has 1 unspecified atom stereocenters. The van der Waals surface area contributed by atoms with Crippen molar-refractivity contribution >= 4 is 5.91 Å². The van der Waals surface area contributed by atoms with Crippen LogP contribution in [0.4, 0.5) is 8.78 Å². The Morgan fingerprint density at radius 3 is 2.36 bits per heavy atom. The molecule has 1 saturated heterocycles. The average Bonchev–Trinajstić information content (AvgIpc) is 2.71. The van der Waals surface area contributed by atoms with E-state index < -0.39 is 11.6 Å². The van der Waals surface area contributed by atoms with Gasteiger partial charge in [0.05, 0.1) is 6.54 Å². The van der Waals surface area contributed by atoms with E-state index in [-0.39, 0.29) is 23.9 Å². The minimum absolute atomic E-state index is 0.0325. The van der Waals surface area contributed by atoms with Gasteiger partial charge in [-0.25, -0.2) is 8.78 Å². The second-order valence-electron chi connectivity index (χ2n) is 6.06. The summed E-state index contributed by atoms with van der Waals surface area (Å²) in [6.45, 7) is 4.03. The summed E-state index contributed by atoms with van der Waals surface area (Å²) in [7, 11) is 0. The van der Waals surface area contributed by atoms with Gasteiger partial charge in [-0.3, -0.25) is 9.69 Å². The molecule has 22 heavy (non-hydrogen) atoms. The van der Waals surface area contributed by atoms with Gasteiger partial charge < -0.3 is 5.32 Å². The minimum atomic E-state index is -0.561. The van der Waals surface area contributed by atoms with Crippen molar-refractivity contribution in [3.8, 4) is 0 Å². The highest BCUT2D eigenvalue weighted by Gasteiger charge is 2.17. The lowest BCUT2D eigenvalue weighted by Gasteiger charge is -2.21. The predicted molar refractivity (Wildman–Crippen MR) is 82.6 cm³/mol. The summed E-state index contributed by atoms with van der Waals surface area (Å²) in [5.41, 5.74) is 0.0325. The largest absolute Gasteiger partial charge is 0.352 e. The van der Waals surface area contributed by atoms with Gasteiger partial charge in [0.15, 0.2) is 0 Å². The van der Waals surface area contributed by atoms with E-state index in [0.29, 0.717) is 6.54 Å². The number of hydrogen-bond acceptors (Lipinski definition) is 2. The Kier molecular flexibility index (Phi) is 6.31. The first-order chi connectivity index (χ1) is 10.6. The third-order valence-corrected chi connectivity index (χ3v) is 4.05. The van der Waals surface area contributed by atoms with Crippen LogP contribution in [0.2, 0.25) is 0 Å². The number of likely N-dealkylation sites (tertiary alicyclic amines) is 1. The molecule has 2 rings (SSSR count). The van der Waals surface area contributed by atoms with E-state index in [9.17, 15) is 13.6 Å². The van der Waals surface area contributed by atoms with E-state index in [1.165, 1.54) is 31.0 Å². The van der Waals surface area contributed by atoms with E-state index in [4.69, 9.17) is 0 Å². The molecule has 1 aliphatic rings. The molecule has 1 aliphatic heterocycles. The second-order valence-corrected chi connectivity index (χ2v) is 6.06. The average molecular weight is 310 g/mol. The molecule has 1 amide bonds. The van der Waals surface area contributed by atoms with E-state index in [1.54, 1.807) is 6.92 Å². The molecule has 0 aromatic heterocycles. The molecule has 1 aromatic rings. The maximum atomic E-state index is 13.6. The van der Waals surface area contributed by atoms with Crippen molar-refractivity contribution in [3.63, 3.8) is 0 Å². The van der Waals surface area contributed by atoms with E-state index in [0.717, 1.165) is 25.9 Å². The third kappa shape index (κ3) is 5.05. The Bertz CT molecular complexity index is 479. The zero-order valence-corrected chi connectivity index (χ0v) is 13.1. The quantitative estimate of drug-likeness (QED) is 0.907. The van der Waals surface area contributed by atoms with Crippen molar-refractivity contribution in [2.45, 2.75) is 45.1 Å². The highest BCUT2D eigenvalue weighted by Crippen LogP contribution is 2.14. The lowest BCUT2D eigenvalue weighted by molar-refractivity contribution is -0.122. The van der Waals surface area contributed by atoms with Crippen molar-refractivity contribution in [3.05, 3.63) is 35.4 Å². The molecule has 1 atom stereocenters. The molecule has 0 saturated carbocycles. The van der Waals surface area contributed by atoms with Gasteiger partial charge in [0.25, 0.3) is 0 Å². The molecule has 1 aromatic carbocycles. The van der Waals surface area contributed by atoms with Crippen LogP contribution in [0.3, 0.4) is 0 Å². The summed E-state index contributed by atoms with van der Waals surface area (Å²) < 4.78 is 27.2. The normalized spacial score (nSPS) is 17.8. The molecule has 122 valence electrons. The molecule has 1 fully saturated rings. The van der Waals surface area contributed by atoms with Crippen LogP contribution in [0.1, 0.15) is 38.2 Å². The van der Waals surface area contributed by atoms with Crippen molar-refractivity contribution in [1.29, 1.82) is 0 Å². The number of carbonyl (C=O) groups excluding carboxylic acids is 1. The van der Waals surface area contributed by atoms with Gasteiger partial charge in [-0.1, -0.05) is 18.9 Å². The Morgan fingerprint density at radius 2 is 1.77 bits per heavy atom. The Balaban J connectivity index is 1.83. The summed E-state index contributed by atoms with van der Waals surface area (Å²) in [5, 5.41) is 2.84. The standard InChI is InChI=1S/C17H24F2N2O/c1-13(11-14-15(18)7-6-8-16(14)19)20-17(22)12-21-9-4-2-3-5-10-21/h6-8,13H,2-5,9-12H2,1H3,(H,20,22). The molecule has 3 nitrogen and oxygen atoms in total. The Hall–Kier alpha value is -1.49. The first-order valence-corrected chi connectivity index (χ1v) is 8.01. The topological polar surface area (TPSA) is 32.3 Å². The van der Waals surface area contributed by atoms with E-state index in [2.05, 4.69) is 10.2 Å². The smallest absolute Gasteiger partial charge is 0.234 e. The van der Waals surface area contributed by atoms with Gasteiger partial charge in [-0.05, 0) is 51.4 Å². The molecule has 1 heterocycles. The number of halogens is 2. The number of rotatable bonds is 5. The first-order valence-electron chi connectivity index (χ1n) is 8.01. The molecule has 0 spiro atoms. The minimum Gasteiger partial charge on any atom is -0.352 e. The van der Waals surface area contributed by atoms with Crippen LogP contribution in [0.15, 0.2) is 18.2 Å². The fourth-order valence-electron chi connectivity index (χ4n) is 2.90. The third-order valence-electron chi connectivity index (χ3n) is 4.05. The predicted octanol–water partition coefficient (Wildman–Crippen LogP) is 2.89. The van der Waals surface area contributed by atoms with E-state index >= 15 is 0 Å². The van der Waals surface area contributed by atoms with Gasteiger partial charge in [0.2, 0.25) is 5.91 Å². The van der Waals surface area contributed by atoms with Gasteiger partial charge >= 0.3 is 0 Å². The van der Waals surface area contributed by atoms with Crippen LogP contribution >= 0.6 is 0 Å². The van der Waals surface area contributed by atoms with Gasteiger partial charge in [0, 0.05) is 11.6 Å². The zero-order chi connectivity index (χ0) is 15.9. The van der Waals surface area contributed by atoms with Gasteiger partial charge in [-0.15, -0.1) is 0 Å². The fraction of sp³-hybridized carbons (Fsp3) is 0.588. The number of carbonyl (C=O) groups is 1. The highest BCUT2D eigenvalue weighted by atomic mass is 19.1. The van der Waals surface area contributed by atoms with Crippen LogP contribution in [-0.2, 0) is 11.2 Å². The number of hydrogen-bond donors (Lipinski definition) is 1. The lowest BCUT2D eigenvalue weighted by atomic mass is 10.1. The number of nitrogens with zero attached hydrogens (tertiary/aromatic N) is 1. The van der Waals surface area contributed by atoms with E-state index in [1.807, 2.05) is 0 Å². The van der Waals surface area contributed by atoms with Gasteiger partial charge in [-0.2, -0.15) is 0 Å². The van der Waals surface area contributed by atoms with Crippen molar-refractivity contribution in [2.24, 2.45) is 0 Å². The molecule has 0 aliphatic carbocycles. The molecule has 5 heteroatoms. The van der Waals surface area contributed by atoms with Crippen LogP contribution in [0.5, 0.6) is 0 Å². The van der Waals surface area contributed by atoms with Gasteiger partial charge in [0.1, 0.15) is 11.6 Å². The molecule has 0 radical (unpaired) electrons. The first kappa shape index (κ1) is 16.9. The number of amides is 1. The zero-order valence-electron chi connectivity index (χ0n) is 13.1. The fourth-order valence-corrected chi connectivity index (χ4v) is 2.90. The molecule has 1 N–H and O–H groups in total. The number of benzene rings is 1. The Labute approximate surface area is 130 Å². The van der Waals surface area contributed by atoms with Crippen LogP contribution in [0, 0.1) is 11.6 Å². The van der Waals surface area contributed by atoms with Crippen LogP contribution in [-0.4, -0.2) is 36.5 Å². The monoisotopic (exact) mass is 310 g/mol. The maximum absolute atomic E-state index is 13.6.